The molecule has 4 heteroatoms. The average Bonchev–Trinajstić information content (AvgIpc) is 2.72. The zero-order chi connectivity index (χ0) is 13.8. The van der Waals surface area contributed by atoms with Crippen LogP contribution in [0.4, 0.5) is 4.39 Å². The van der Waals surface area contributed by atoms with Crippen LogP contribution in [0.15, 0.2) is 18.2 Å². The van der Waals surface area contributed by atoms with Crippen LogP contribution in [0.5, 0.6) is 0 Å². The zero-order valence-electron chi connectivity index (χ0n) is 11.6. The zero-order valence-corrected chi connectivity index (χ0v) is 12.4. The Morgan fingerprint density at radius 2 is 2.26 bits per heavy atom. The first-order valence-corrected chi connectivity index (χ1v) is 7.37. The lowest BCUT2D eigenvalue weighted by Crippen LogP contribution is -2.29. The van der Waals surface area contributed by atoms with Crippen molar-refractivity contribution >= 4 is 11.6 Å². The number of nitrogens with one attached hydrogen (secondary N) is 1. The van der Waals surface area contributed by atoms with Crippen molar-refractivity contribution in [2.45, 2.75) is 25.8 Å². The summed E-state index contributed by atoms with van der Waals surface area (Å²) < 4.78 is 14.1. The van der Waals surface area contributed by atoms with Gasteiger partial charge in [0.1, 0.15) is 5.82 Å². The summed E-state index contributed by atoms with van der Waals surface area (Å²) in [6, 6.07) is 5.18. The van der Waals surface area contributed by atoms with Crippen molar-refractivity contribution in [3.8, 4) is 0 Å². The maximum absolute atomic E-state index is 14.1. The van der Waals surface area contributed by atoms with Gasteiger partial charge in [-0.25, -0.2) is 4.39 Å². The van der Waals surface area contributed by atoms with Gasteiger partial charge in [-0.2, -0.15) is 0 Å². The smallest absolute Gasteiger partial charge is 0.129 e. The maximum atomic E-state index is 14.1. The van der Waals surface area contributed by atoms with Gasteiger partial charge in [0.2, 0.25) is 0 Å². The summed E-state index contributed by atoms with van der Waals surface area (Å²) in [5.41, 5.74) is 0.771. The van der Waals surface area contributed by atoms with Crippen molar-refractivity contribution in [2.75, 3.05) is 26.7 Å². The number of hydrogen-bond acceptors (Lipinski definition) is 2. The van der Waals surface area contributed by atoms with Crippen LogP contribution in [0.25, 0.3) is 0 Å². The third kappa shape index (κ3) is 3.47. The van der Waals surface area contributed by atoms with Gasteiger partial charge < -0.3 is 5.32 Å². The molecule has 1 aliphatic heterocycles. The Labute approximate surface area is 119 Å². The molecule has 0 spiro atoms. The highest BCUT2D eigenvalue weighted by molar-refractivity contribution is 6.30. The Balaban J connectivity index is 2.14. The van der Waals surface area contributed by atoms with Gasteiger partial charge in [-0.15, -0.1) is 0 Å². The average molecular weight is 285 g/mol. The van der Waals surface area contributed by atoms with Crippen molar-refractivity contribution in [1.29, 1.82) is 0 Å². The van der Waals surface area contributed by atoms with Crippen LogP contribution in [0.2, 0.25) is 5.02 Å². The van der Waals surface area contributed by atoms with Crippen LogP contribution in [0.1, 0.15) is 31.4 Å². The fraction of sp³-hybridized carbons (Fsp3) is 0.600. The molecule has 0 bridgehead atoms. The van der Waals surface area contributed by atoms with Crippen molar-refractivity contribution in [3.63, 3.8) is 0 Å². The summed E-state index contributed by atoms with van der Waals surface area (Å²) >= 11 is 5.83. The van der Waals surface area contributed by atoms with E-state index in [-0.39, 0.29) is 11.9 Å². The normalized spacial score (nSPS) is 24.0. The molecule has 0 aliphatic carbocycles. The summed E-state index contributed by atoms with van der Waals surface area (Å²) in [5.74, 6) is 0.277. The molecule has 0 amide bonds. The molecule has 1 aromatic rings. The van der Waals surface area contributed by atoms with Crippen molar-refractivity contribution in [2.24, 2.45) is 5.92 Å². The molecule has 2 nitrogen and oxygen atoms in total. The second-order valence-corrected chi connectivity index (χ2v) is 5.78. The standard InChI is InChI=1S/C15H22ClFN2/c1-3-7-18-10-11-6-8-19(2)15(11)13-5-4-12(16)9-14(13)17/h4-5,9,11,15,18H,3,6-8,10H2,1-2H3. The first kappa shape index (κ1) is 14.8. The Hall–Kier alpha value is -0.640. The molecular weight excluding hydrogens is 263 g/mol. The molecular formula is C15H22ClFN2. The lowest BCUT2D eigenvalue weighted by atomic mass is 9.93. The summed E-state index contributed by atoms with van der Waals surface area (Å²) in [6.45, 7) is 5.15. The van der Waals surface area contributed by atoms with Crippen LogP contribution < -0.4 is 5.32 Å². The van der Waals surface area contributed by atoms with E-state index in [0.29, 0.717) is 10.9 Å². The number of rotatable bonds is 5. The van der Waals surface area contributed by atoms with E-state index < -0.39 is 0 Å². The Kier molecular flexibility index (Phi) is 5.20. The first-order valence-electron chi connectivity index (χ1n) is 6.99. The van der Waals surface area contributed by atoms with Gasteiger partial charge >= 0.3 is 0 Å². The number of nitrogens with zero attached hydrogens (tertiary/aromatic N) is 1. The third-order valence-corrected chi connectivity index (χ3v) is 4.12. The van der Waals surface area contributed by atoms with E-state index in [9.17, 15) is 4.39 Å². The van der Waals surface area contributed by atoms with E-state index in [4.69, 9.17) is 11.6 Å². The fourth-order valence-corrected chi connectivity index (χ4v) is 3.10. The molecule has 0 aromatic heterocycles. The fourth-order valence-electron chi connectivity index (χ4n) is 2.94. The lowest BCUT2D eigenvalue weighted by molar-refractivity contribution is 0.265. The third-order valence-electron chi connectivity index (χ3n) is 3.89. The summed E-state index contributed by atoms with van der Waals surface area (Å²) in [7, 11) is 2.07. The number of halogens is 2. The molecule has 2 unspecified atom stereocenters. The van der Waals surface area contributed by atoms with Gasteiger partial charge in [-0.3, -0.25) is 4.90 Å². The number of hydrogen-bond donors (Lipinski definition) is 1. The number of benzene rings is 1. The number of likely N-dealkylation sites (tertiary alicyclic amines) is 1. The predicted octanol–water partition coefficient (Wildman–Crippen LogP) is 3.47. The molecule has 1 fully saturated rings. The van der Waals surface area contributed by atoms with Gasteiger partial charge in [0.25, 0.3) is 0 Å². The van der Waals surface area contributed by atoms with E-state index in [2.05, 4.69) is 24.2 Å². The molecule has 1 heterocycles. The Morgan fingerprint density at radius 1 is 1.47 bits per heavy atom. The van der Waals surface area contributed by atoms with Crippen LogP contribution >= 0.6 is 11.6 Å². The predicted molar refractivity (Wildman–Crippen MR) is 78.0 cm³/mol. The SMILES string of the molecule is CCCNCC1CCN(C)C1c1ccc(Cl)cc1F. The summed E-state index contributed by atoms with van der Waals surface area (Å²) in [4.78, 5) is 2.24. The first-order chi connectivity index (χ1) is 9.13. The molecule has 2 atom stereocenters. The van der Waals surface area contributed by atoms with Crippen LogP contribution in [0.3, 0.4) is 0 Å². The van der Waals surface area contributed by atoms with Crippen LogP contribution in [0, 0.1) is 11.7 Å². The van der Waals surface area contributed by atoms with E-state index in [0.717, 1.165) is 38.0 Å². The highest BCUT2D eigenvalue weighted by atomic mass is 35.5. The molecule has 1 saturated heterocycles. The minimum Gasteiger partial charge on any atom is -0.316 e. The molecule has 19 heavy (non-hydrogen) atoms. The highest BCUT2D eigenvalue weighted by Gasteiger charge is 2.34. The largest absolute Gasteiger partial charge is 0.316 e. The molecule has 1 aliphatic rings. The quantitative estimate of drug-likeness (QED) is 0.833. The van der Waals surface area contributed by atoms with Crippen LogP contribution in [-0.2, 0) is 0 Å². The van der Waals surface area contributed by atoms with Crippen molar-refractivity contribution in [3.05, 3.63) is 34.6 Å². The minimum absolute atomic E-state index is 0.154. The van der Waals surface area contributed by atoms with Crippen LogP contribution in [-0.4, -0.2) is 31.6 Å². The van der Waals surface area contributed by atoms with Gasteiger partial charge in [-0.1, -0.05) is 24.6 Å². The topological polar surface area (TPSA) is 15.3 Å². The Bertz CT molecular complexity index is 425. The van der Waals surface area contributed by atoms with E-state index in [1.54, 1.807) is 6.07 Å². The highest BCUT2D eigenvalue weighted by Crippen LogP contribution is 2.37. The van der Waals surface area contributed by atoms with E-state index in [1.807, 2.05) is 6.07 Å². The summed E-state index contributed by atoms with van der Waals surface area (Å²) in [6.07, 6.45) is 2.24. The second kappa shape index (κ2) is 6.69. The molecule has 2 rings (SSSR count). The molecule has 0 saturated carbocycles. The maximum Gasteiger partial charge on any atom is 0.129 e. The lowest BCUT2D eigenvalue weighted by Gasteiger charge is -2.26. The second-order valence-electron chi connectivity index (χ2n) is 5.34. The van der Waals surface area contributed by atoms with Gasteiger partial charge in [0.05, 0.1) is 0 Å². The van der Waals surface area contributed by atoms with E-state index >= 15 is 0 Å². The minimum atomic E-state index is -0.188. The van der Waals surface area contributed by atoms with Crippen molar-refractivity contribution in [1.82, 2.24) is 10.2 Å². The monoisotopic (exact) mass is 284 g/mol. The van der Waals surface area contributed by atoms with Crippen molar-refractivity contribution < 1.29 is 4.39 Å². The Morgan fingerprint density at radius 3 is 2.95 bits per heavy atom. The van der Waals surface area contributed by atoms with Gasteiger partial charge in [0, 0.05) is 16.6 Å². The van der Waals surface area contributed by atoms with Gasteiger partial charge in [0.15, 0.2) is 0 Å². The van der Waals surface area contributed by atoms with Gasteiger partial charge in [-0.05, 0) is 57.6 Å². The molecule has 0 radical (unpaired) electrons. The molecule has 106 valence electrons. The van der Waals surface area contributed by atoms with E-state index in [1.165, 1.54) is 6.07 Å². The molecule has 1 N–H and O–H groups in total. The molecule has 1 aromatic carbocycles. The summed E-state index contributed by atoms with van der Waals surface area (Å²) in [5, 5.41) is 3.91.